The molecule has 1 aromatic carbocycles. The molecule has 2 saturated heterocycles. The smallest absolute Gasteiger partial charge is 0.414 e. The Morgan fingerprint density at radius 2 is 2.26 bits per heavy atom. The number of amides is 2. The maximum atomic E-state index is 14.9. The summed E-state index contributed by atoms with van der Waals surface area (Å²) in [5.41, 5.74) is 1.01. The summed E-state index contributed by atoms with van der Waals surface area (Å²) in [7, 11) is 0. The normalized spacial score (nSPS) is 20.8. The lowest BCUT2D eigenvalue weighted by Gasteiger charge is -2.21. The van der Waals surface area contributed by atoms with E-state index in [-0.39, 0.29) is 30.6 Å². The van der Waals surface area contributed by atoms with Crippen LogP contribution in [0, 0.1) is 15.9 Å². The van der Waals surface area contributed by atoms with E-state index >= 15 is 0 Å². The molecule has 0 spiro atoms. The Morgan fingerprint density at radius 3 is 2.97 bits per heavy atom. The van der Waals surface area contributed by atoms with Crippen LogP contribution >= 0.6 is 0 Å². The number of nitro groups is 1. The second-order valence-electron chi connectivity index (χ2n) is 7.53. The zero-order chi connectivity index (χ0) is 22.1. The first-order chi connectivity index (χ1) is 14.8. The monoisotopic (exact) mass is 432 g/mol. The van der Waals surface area contributed by atoms with E-state index in [0.717, 1.165) is 0 Å². The molecule has 2 aromatic rings. The minimum absolute atomic E-state index is 0.0657. The van der Waals surface area contributed by atoms with Gasteiger partial charge in [-0.15, -0.1) is 0 Å². The highest BCUT2D eigenvalue weighted by atomic mass is 19.1. The highest BCUT2D eigenvalue weighted by molar-refractivity contribution is 5.90. The molecular weight excluding hydrogens is 411 g/mol. The van der Waals surface area contributed by atoms with Crippen LogP contribution in [0.2, 0.25) is 0 Å². The molecule has 164 valence electrons. The third-order valence-electron chi connectivity index (χ3n) is 5.46. The van der Waals surface area contributed by atoms with Gasteiger partial charge in [-0.3, -0.25) is 24.9 Å². The zero-order valence-electron chi connectivity index (χ0n) is 16.7. The Kier molecular flexibility index (Phi) is 5.44. The van der Waals surface area contributed by atoms with E-state index in [0.29, 0.717) is 36.6 Å². The number of hydrogen-bond acceptors (Lipinski definition) is 7. The molecule has 2 amide bonds. The number of benzene rings is 1. The van der Waals surface area contributed by atoms with Crippen LogP contribution in [-0.2, 0) is 9.53 Å². The number of halogens is 1. The zero-order valence-corrected chi connectivity index (χ0v) is 16.7. The molecule has 4 rings (SSSR count). The van der Waals surface area contributed by atoms with Crippen molar-refractivity contribution in [3.05, 3.63) is 46.0 Å². The number of nitrogens with zero attached hydrogens (tertiary/aromatic N) is 4. The van der Waals surface area contributed by atoms with Crippen LogP contribution in [0.1, 0.15) is 25.0 Å². The van der Waals surface area contributed by atoms with Gasteiger partial charge in [-0.25, -0.2) is 9.18 Å². The van der Waals surface area contributed by atoms with Crippen molar-refractivity contribution in [1.29, 1.82) is 0 Å². The SMILES string of the molecule is CC(=O)NC[C@H]1CN(c2ccc(N3CC[C@@H](c4n[nH]cc4[N+](=O)[O-])C3)c(F)c2)C(=O)O1. The molecule has 2 aliphatic rings. The number of ether oxygens (including phenoxy) is 1. The van der Waals surface area contributed by atoms with E-state index in [2.05, 4.69) is 15.5 Å². The third kappa shape index (κ3) is 4.13. The van der Waals surface area contributed by atoms with E-state index in [1.165, 1.54) is 24.1 Å². The molecule has 2 aliphatic heterocycles. The number of carbonyl (C=O) groups is 2. The first-order valence-electron chi connectivity index (χ1n) is 9.78. The number of cyclic esters (lactones) is 1. The topological polar surface area (TPSA) is 134 Å². The van der Waals surface area contributed by atoms with Crippen LogP contribution in [0.15, 0.2) is 24.4 Å². The van der Waals surface area contributed by atoms with E-state index in [1.807, 2.05) is 4.90 Å². The average molecular weight is 432 g/mol. The number of H-pyrrole nitrogens is 1. The van der Waals surface area contributed by atoms with Gasteiger partial charge in [-0.2, -0.15) is 5.10 Å². The summed E-state index contributed by atoms with van der Waals surface area (Å²) in [5.74, 6) is -0.921. The van der Waals surface area contributed by atoms with Crippen molar-refractivity contribution in [2.24, 2.45) is 0 Å². The van der Waals surface area contributed by atoms with Gasteiger partial charge >= 0.3 is 11.8 Å². The number of rotatable bonds is 6. The van der Waals surface area contributed by atoms with E-state index in [1.54, 1.807) is 12.1 Å². The number of aromatic nitrogens is 2. The molecule has 0 saturated carbocycles. The van der Waals surface area contributed by atoms with Crippen LogP contribution in [0.3, 0.4) is 0 Å². The van der Waals surface area contributed by atoms with Gasteiger partial charge in [-0.1, -0.05) is 0 Å². The van der Waals surface area contributed by atoms with Crippen LogP contribution in [-0.4, -0.2) is 59.4 Å². The molecule has 2 fully saturated rings. The third-order valence-corrected chi connectivity index (χ3v) is 5.46. The lowest BCUT2D eigenvalue weighted by molar-refractivity contribution is -0.385. The van der Waals surface area contributed by atoms with Crippen molar-refractivity contribution >= 4 is 29.1 Å². The quantitative estimate of drug-likeness (QED) is 0.526. The molecule has 3 heterocycles. The fourth-order valence-electron chi connectivity index (χ4n) is 3.96. The first-order valence-corrected chi connectivity index (χ1v) is 9.78. The van der Waals surface area contributed by atoms with Crippen LogP contribution in [0.4, 0.5) is 26.2 Å². The molecule has 12 heteroatoms. The summed E-state index contributed by atoms with van der Waals surface area (Å²) in [5, 5.41) is 20.3. The fourth-order valence-corrected chi connectivity index (χ4v) is 3.96. The van der Waals surface area contributed by atoms with Gasteiger partial charge < -0.3 is 15.0 Å². The number of nitrogens with one attached hydrogen (secondary N) is 2. The maximum Gasteiger partial charge on any atom is 0.414 e. The van der Waals surface area contributed by atoms with Crippen LogP contribution < -0.4 is 15.1 Å². The van der Waals surface area contributed by atoms with Crippen molar-refractivity contribution in [1.82, 2.24) is 15.5 Å². The van der Waals surface area contributed by atoms with Crippen molar-refractivity contribution in [3.8, 4) is 0 Å². The highest BCUT2D eigenvalue weighted by Crippen LogP contribution is 2.36. The number of aromatic amines is 1. The van der Waals surface area contributed by atoms with E-state index in [4.69, 9.17) is 4.74 Å². The van der Waals surface area contributed by atoms with Gasteiger partial charge in [0.15, 0.2) is 0 Å². The lowest BCUT2D eigenvalue weighted by atomic mass is 10.0. The summed E-state index contributed by atoms with van der Waals surface area (Å²) < 4.78 is 20.1. The second kappa shape index (κ2) is 8.20. The predicted molar refractivity (Wildman–Crippen MR) is 108 cm³/mol. The van der Waals surface area contributed by atoms with Crippen molar-refractivity contribution in [2.45, 2.75) is 25.4 Å². The summed E-state index contributed by atoms with van der Waals surface area (Å²) >= 11 is 0. The second-order valence-corrected chi connectivity index (χ2v) is 7.53. The van der Waals surface area contributed by atoms with Gasteiger partial charge in [-0.05, 0) is 24.6 Å². The van der Waals surface area contributed by atoms with Gasteiger partial charge in [0, 0.05) is 25.9 Å². The summed E-state index contributed by atoms with van der Waals surface area (Å²) in [4.78, 5) is 37.0. The van der Waals surface area contributed by atoms with Crippen molar-refractivity contribution in [2.75, 3.05) is 36.0 Å². The Balaban J connectivity index is 1.45. The van der Waals surface area contributed by atoms with Gasteiger partial charge in [0.1, 0.15) is 17.6 Å². The van der Waals surface area contributed by atoms with Crippen molar-refractivity contribution < 1.29 is 23.6 Å². The summed E-state index contributed by atoms with van der Waals surface area (Å²) in [6.45, 7) is 2.68. The largest absolute Gasteiger partial charge is 0.442 e. The number of carbonyl (C=O) groups excluding carboxylic acids is 2. The minimum Gasteiger partial charge on any atom is -0.442 e. The molecular formula is C19H21FN6O5. The molecule has 2 N–H and O–H groups in total. The van der Waals surface area contributed by atoms with Gasteiger partial charge in [0.25, 0.3) is 0 Å². The Bertz CT molecular complexity index is 1030. The lowest BCUT2D eigenvalue weighted by Crippen LogP contribution is -2.33. The Labute approximate surface area is 176 Å². The molecule has 11 nitrogen and oxygen atoms in total. The van der Waals surface area contributed by atoms with Crippen molar-refractivity contribution in [3.63, 3.8) is 0 Å². The van der Waals surface area contributed by atoms with E-state index in [9.17, 15) is 24.1 Å². The van der Waals surface area contributed by atoms with Gasteiger partial charge in [0.05, 0.1) is 35.6 Å². The molecule has 0 aliphatic carbocycles. The maximum absolute atomic E-state index is 14.9. The van der Waals surface area contributed by atoms with E-state index < -0.39 is 22.9 Å². The summed E-state index contributed by atoms with van der Waals surface area (Å²) in [6.07, 6.45) is 0.746. The molecule has 0 radical (unpaired) electrons. The van der Waals surface area contributed by atoms with Crippen LogP contribution in [0.25, 0.3) is 0 Å². The van der Waals surface area contributed by atoms with Gasteiger partial charge in [0.2, 0.25) is 5.91 Å². The standard InChI is InChI=1S/C19H21FN6O5/c1-11(27)21-7-14-10-25(19(28)31-14)13-2-3-16(15(20)6-13)24-5-4-12(9-24)18-17(26(29)30)8-22-23-18/h2-3,6,8,12,14H,4-5,7,9-10H2,1H3,(H,21,27)(H,22,23)/t12-,14+/m1/s1. The van der Waals surface area contributed by atoms with Crippen LogP contribution in [0.5, 0.6) is 0 Å². The Morgan fingerprint density at radius 1 is 1.45 bits per heavy atom. The first kappa shape index (κ1) is 20.6. The predicted octanol–water partition coefficient (Wildman–Crippen LogP) is 1.91. The Hall–Kier alpha value is -3.70. The molecule has 0 bridgehead atoms. The average Bonchev–Trinajstić information content (AvgIpc) is 3.45. The number of anilines is 2. The fraction of sp³-hybridized carbons (Fsp3) is 0.421. The summed E-state index contributed by atoms with van der Waals surface area (Å²) in [6, 6.07) is 4.48. The highest BCUT2D eigenvalue weighted by Gasteiger charge is 2.35. The molecule has 31 heavy (non-hydrogen) atoms. The minimum atomic E-state index is -0.602. The number of hydrogen-bond donors (Lipinski definition) is 2. The molecule has 1 aromatic heterocycles. The molecule has 0 unspecified atom stereocenters. The molecule has 2 atom stereocenters.